The maximum Gasteiger partial charge on any atom is 0.263 e. The molecule has 1 aromatic carbocycles. The van der Waals surface area contributed by atoms with Crippen LogP contribution in [0.25, 0.3) is 0 Å². The summed E-state index contributed by atoms with van der Waals surface area (Å²) in [6, 6.07) is 4.69. The Bertz CT molecular complexity index is 877. The molecular weight excluding hydrogens is 358 g/mol. The third-order valence-electron chi connectivity index (χ3n) is 3.51. The number of benzene rings is 1. The standard InChI is InChI=1S/C14H14ClN3O3S2/c1-8-9(15)4-2-6-11(8)23(20,21)18-14-17-10-5-3-7-16-13(19)12(10)22-14/h2,4,6H,3,5,7H2,1H3,(H,16,19)(H,17,18). The molecule has 1 aromatic heterocycles. The molecule has 0 fully saturated rings. The number of carbonyl (C=O) groups excluding carboxylic acids is 1. The fourth-order valence-corrected chi connectivity index (χ4v) is 4.99. The van der Waals surface area contributed by atoms with Gasteiger partial charge in [-0.25, -0.2) is 13.4 Å². The van der Waals surface area contributed by atoms with E-state index in [4.69, 9.17) is 11.6 Å². The summed E-state index contributed by atoms with van der Waals surface area (Å²) in [5.74, 6) is -0.209. The van der Waals surface area contributed by atoms with Gasteiger partial charge in [-0.2, -0.15) is 0 Å². The molecule has 0 saturated heterocycles. The Kier molecular flexibility index (Phi) is 4.31. The second-order valence-electron chi connectivity index (χ2n) is 5.12. The average molecular weight is 372 g/mol. The molecule has 23 heavy (non-hydrogen) atoms. The number of hydrogen-bond acceptors (Lipinski definition) is 5. The van der Waals surface area contributed by atoms with Crippen LogP contribution in [0.3, 0.4) is 0 Å². The molecule has 0 saturated carbocycles. The minimum absolute atomic E-state index is 0.0971. The molecule has 0 unspecified atom stereocenters. The van der Waals surface area contributed by atoms with E-state index < -0.39 is 10.0 Å². The minimum atomic E-state index is -3.81. The van der Waals surface area contributed by atoms with Gasteiger partial charge in [0.25, 0.3) is 15.9 Å². The zero-order valence-corrected chi connectivity index (χ0v) is 14.6. The molecule has 1 amide bonds. The van der Waals surface area contributed by atoms with Crippen LogP contribution in [0.2, 0.25) is 5.02 Å². The number of carbonyl (C=O) groups is 1. The number of rotatable bonds is 3. The molecule has 0 bridgehead atoms. The number of amides is 1. The first-order chi connectivity index (χ1) is 10.9. The van der Waals surface area contributed by atoms with Gasteiger partial charge >= 0.3 is 0 Å². The highest BCUT2D eigenvalue weighted by Crippen LogP contribution is 2.29. The highest BCUT2D eigenvalue weighted by Gasteiger charge is 2.24. The number of hydrogen-bond donors (Lipinski definition) is 2. The van der Waals surface area contributed by atoms with Gasteiger partial charge in [-0.3, -0.25) is 9.52 Å². The Balaban J connectivity index is 1.94. The van der Waals surface area contributed by atoms with Crippen LogP contribution < -0.4 is 10.0 Å². The summed E-state index contributed by atoms with van der Waals surface area (Å²) in [6.45, 7) is 2.24. The molecule has 2 N–H and O–H groups in total. The number of thiazole rings is 1. The van der Waals surface area contributed by atoms with Crippen LogP contribution in [0.5, 0.6) is 0 Å². The molecule has 2 aromatic rings. The second kappa shape index (κ2) is 6.10. The van der Waals surface area contributed by atoms with Gasteiger partial charge in [0.1, 0.15) is 4.88 Å². The molecule has 0 radical (unpaired) electrons. The summed E-state index contributed by atoms with van der Waals surface area (Å²) in [5, 5.41) is 3.33. The molecule has 6 nitrogen and oxygen atoms in total. The highest BCUT2D eigenvalue weighted by atomic mass is 35.5. The van der Waals surface area contributed by atoms with Crippen LogP contribution in [0.15, 0.2) is 23.1 Å². The zero-order valence-electron chi connectivity index (χ0n) is 12.2. The first kappa shape index (κ1) is 16.2. The summed E-state index contributed by atoms with van der Waals surface area (Å²) in [4.78, 5) is 16.7. The van der Waals surface area contributed by atoms with Crippen LogP contribution in [0.1, 0.15) is 27.3 Å². The summed E-state index contributed by atoms with van der Waals surface area (Å²) in [5.41, 5.74) is 1.10. The number of nitrogens with zero attached hydrogens (tertiary/aromatic N) is 1. The molecular formula is C14H14ClN3O3S2. The number of sulfonamides is 1. The van der Waals surface area contributed by atoms with Crippen molar-refractivity contribution in [2.24, 2.45) is 0 Å². The predicted molar refractivity (Wildman–Crippen MR) is 89.8 cm³/mol. The van der Waals surface area contributed by atoms with Gasteiger partial charge in [0, 0.05) is 11.6 Å². The quantitative estimate of drug-likeness (QED) is 0.867. The van der Waals surface area contributed by atoms with Crippen molar-refractivity contribution >= 4 is 44.0 Å². The molecule has 3 rings (SSSR count). The lowest BCUT2D eigenvalue weighted by atomic mass is 10.2. The number of nitrogens with one attached hydrogen (secondary N) is 2. The molecule has 1 aliphatic heterocycles. The van der Waals surface area contributed by atoms with E-state index >= 15 is 0 Å². The van der Waals surface area contributed by atoms with Crippen molar-refractivity contribution in [1.82, 2.24) is 10.3 Å². The van der Waals surface area contributed by atoms with Gasteiger partial charge in [0.05, 0.1) is 10.6 Å². The first-order valence-electron chi connectivity index (χ1n) is 6.94. The van der Waals surface area contributed by atoms with Crippen molar-refractivity contribution in [3.8, 4) is 0 Å². The average Bonchev–Trinajstić information content (AvgIpc) is 2.80. The molecule has 0 aliphatic carbocycles. The van der Waals surface area contributed by atoms with Gasteiger partial charge in [-0.05, 0) is 37.5 Å². The topological polar surface area (TPSA) is 88.2 Å². The highest BCUT2D eigenvalue weighted by molar-refractivity contribution is 7.93. The van der Waals surface area contributed by atoms with E-state index in [1.54, 1.807) is 19.1 Å². The number of aryl methyl sites for hydroxylation is 1. The molecule has 0 spiro atoms. The van der Waals surface area contributed by atoms with Gasteiger partial charge in [-0.15, -0.1) is 0 Å². The largest absolute Gasteiger partial charge is 0.351 e. The van der Waals surface area contributed by atoms with Crippen molar-refractivity contribution in [1.29, 1.82) is 0 Å². The predicted octanol–water partition coefficient (Wildman–Crippen LogP) is 2.58. The van der Waals surface area contributed by atoms with Crippen molar-refractivity contribution < 1.29 is 13.2 Å². The fourth-order valence-electron chi connectivity index (χ4n) is 2.33. The second-order valence-corrected chi connectivity index (χ2v) is 8.18. The summed E-state index contributed by atoms with van der Waals surface area (Å²) >= 11 is 7.03. The Labute approximate surface area is 142 Å². The zero-order chi connectivity index (χ0) is 16.6. The van der Waals surface area contributed by atoms with E-state index in [9.17, 15) is 13.2 Å². The van der Waals surface area contributed by atoms with E-state index in [0.717, 1.165) is 17.8 Å². The molecule has 122 valence electrons. The minimum Gasteiger partial charge on any atom is -0.351 e. The summed E-state index contributed by atoms with van der Waals surface area (Å²) < 4.78 is 27.5. The number of aromatic nitrogens is 1. The Morgan fingerprint density at radius 1 is 1.39 bits per heavy atom. The van der Waals surface area contributed by atoms with Gasteiger partial charge < -0.3 is 5.32 Å². The van der Waals surface area contributed by atoms with E-state index in [0.29, 0.717) is 34.1 Å². The van der Waals surface area contributed by atoms with Gasteiger partial charge in [-0.1, -0.05) is 29.0 Å². The van der Waals surface area contributed by atoms with Gasteiger partial charge in [0.2, 0.25) is 0 Å². The lowest BCUT2D eigenvalue weighted by Gasteiger charge is -2.09. The van der Waals surface area contributed by atoms with Crippen molar-refractivity contribution in [3.63, 3.8) is 0 Å². The summed E-state index contributed by atoms with van der Waals surface area (Å²) in [7, 11) is -3.81. The maximum absolute atomic E-state index is 12.5. The van der Waals surface area contributed by atoms with E-state index in [2.05, 4.69) is 15.0 Å². The van der Waals surface area contributed by atoms with Crippen LogP contribution in [0, 0.1) is 6.92 Å². The van der Waals surface area contributed by atoms with Crippen molar-refractivity contribution in [3.05, 3.63) is 39.4 Å². The lowest BCUT2D eigenvalue weighted by molar-refractivity contribution is 0.0960. The third-order valence-corrected chi connectivity index (χ3v) is 6.54. The molecule has 9 heteroatoms. The lowest BCUT2D eigenvalue weighted by Crippen LogP contribution is -2.21. The maximum atomic E-state index is 12.5. The third kappa shape index (κ3) is 3.19. The normalized spacial score (nSPS) is 14.8. The van der Waals surface area contributed by atoms with Crippen LogP contribution >= 0.6 is 22.9 Å². The van der Waals surface area contributed by atoms with Crippen LogP contribution in [-0.2, 0) is 16.4 Å². The number of fused-ring (bicyclic) bond motifs is 1. The molecule has 2 heterocycles. The van der Waals surface area contributed by atoms with Crippen molar-refractivity contribution in [2.45, 2.75) is 24.7 Å². The van der Waals surface area contributed by atoms with Crippen LogP contribution in [-0.4, -0.2) is 25.9 Å². The van der Waals surface area contributed by atoms with Crippen molar-refractivity contribution in [2.75, 3.05) is 11.3 Å². The monoisotopic (exact) mass is 371 g/mol. The van der Waals surface area contributed by atoms with Crippen LogP contribution in [0.4, 0.5) is 5.13 Å². The van der Waals surface area contributed by atoms with Gasteiger partial charge in [0.15, 0.2) is 5.13 Å². The SMILES string of the molecule is Cc1c(Cl)cccc1S(=O)(=O)Nc1nc2c(s1)C(=O)NCCC2. The molecule has 0 atom stereocenters. The number of anilines is 1. The summed E-state index contributed by atoms with van der Waals surface area (Å²) in [6.07, 6.45) is 1.42. The Morgan fingerprint density at radius 2 is 2.17 bits per heavy atom. The van der Waals surface area contributed by atoms with E-state index in [-0.39, 0.29) is 15.9 Å². The van der Waals surface area contributed by atoms with E-state index in [1.165, 1.54) is 6.07 Å². The molecule has 1 aliphatic rings. The fraction of sp³-hybridized carbons (Fsp3) is 0.286. The van der Waals surface area contributed by atoms with E-state index in [1.807, 2.05) is 0 Å². The first-order valence-corrected chi connectivity index (χ1v) is 9.62. The Hall–Kier alpha value is -1.64. The number of halogens is 1. The Morgan fingerprint density at radius 3 is 2.96 bits per heavy atom. The smallest absolute Gasteiger partial charge is 0.263 e.